The minimum absolute atomic E-state index is 0.345. The Balaban J connectivity index is 2.19. The lowest BCUT2D eigenvalue weighted by molar-refractivity contribution is 0.0525. The van der Waals surface area contributed by atoms with E-state index in [0.717, 1.165) is 50.2 Å². The predicted octanol–water partition coefficient (Wildman–Crippen LogP) is 2.28. The minimum atomic E-state index is 0.345. The number of hydrogen-bond acceptors (Lipinski definition) is 4. The van der Waals surface area contributed by atoms with E-state index in [9.17, 15) is 0 Å². The van der Waals surface area contributed by atoms with E-state index in [1.54, 1.807) is 0 Å². The Morgan fingerprint density at radius 2 is 2.19 bits per heavy atom. The molecular weight excluding hydrogens is 332 g/mol. The van der Waals surface area contributed by atoms with Crippen LogP contribution < -0.4 is 5.32 Å². The monoisotopic (exact) mass is 358 g/mol. The van der Waals surface area contributed by atoms with Crippen molar-refractivity contribution < 1.29 is 4.74 Å². The molecule has 1 fully saturated rings. The molecule has 5 nitrogen and oxygen atoms in total. The third kappa shape index (κ3) is 4.52. The van der Waals surface area contributed by atoms with E-state index in [-0.39, 0.29) is 0 Å². The van der Waals surface area contributed by atoms with Gasteiger partial charge in [0.05, 0.1) is 29.0 Å². The summed E-state index contributed by atoms with van der Waals surface area (Å²) in [6.07, 6.45) is 4.15. The van der Waals surface area contributed by atoms with Crippen LogP contribution in [-0.4, -0.2) is 55.1 Å². The maximum Gasteiger partial charge on any atom is 0.0699 e. The standard InChI is InChI=1S/C15H27BrN4O/c1-4-17-14(12-5-9-21-10-6-12)15-13(16)11-18-20(15)8-7-19(2)3/h11-12,14,17H,4-10H2,1-3H3. The van der Waals surface area contributed by atoms with Crippen LogP contribution in [0.25, 0.3) is 0 Å². The Morgan fingerprint density at radius 1 is 1.48 bits per heavy atom. The van der Waals surface area contributed by atoms with Crippen molar-refractivity contribution in [1.29, 1.82) is 0 Å². The zero-order chi connectivity index (χ0) is 15.2. The van der Waals surface area contributed by atoms with Gasteiger partial charge in [-0.15, -0.1) is 0 Å². The highest BCUT2D eigenvalue weighted by molar-refractivity contribution is 9.10. The van der Waals surface area contributed by atoms with E-state index in [0.29, 0.717) is 12.0 Å². The molecule has 1 saturated heterocycles. The van der Waals surface area contributed by atoms with Crippen LogP contribution >= 0.6 is 15.9 Å². The number of nitrogens with zero attached hydrogens (tertiary/aromatic N) is 3. The fourth-order valence-electron chi connectivity index (χ4n) is 2.91. The molecule has 0 radical (unpaired) electrons. The molecule has 21 heavy (non-hydrogen) atoms. The first-order valence-electron chi connectivity index (χ1n) is 7.80. The van der Waals surface area contributed by atoms with Crippen molar-refractivity contribution in [2.45, 2.75) is 32.4 Å². The summed E-state index contributed by atoms with van der Waals surface area (Å²) >= 11 is 3.69. The van der Waals surface area contributed by atoms with Gasteiger partial charge >= 0.3 is 0 Å². The van der Waals surface area contributed by atoms with E-state index >= 15 is 0 Å². The molecule has 1 atom stereocenters. The van der Waals surface area contributed by atoms with Gasteiger partial charge in [-0.25, -0.2) is 0 Å². The molecule has 120 valence electrons. The zero-order valence-corrected chi connectivity index (χ0v) is 14.9. The van der Waals surface area contributed by atoms with Gasteiger partial charge in [-0.1, -0.05) is 6.92 Å². The number of aromatic nitrogens is 2. The van der Waals surface area contributed by atoms with Gasteiger partial charge in [-0.05, 0) is 55.3 Å². The van der Waals surface area contributed by atoms with Gasteiger partial charge in [0.25, 0.3) is 0 Å². The summed E-state index contributed by atoms with van der Waals surface area (Å²) in [6, 6.07) is 0.345. The molecule has 0 aromatic carbocycles. The number of hydrogen-bond donors (Lipinski definition) is 1. The van der Waals surface area contributed by atoms with Crippen molar-refractivity contribution in [3.63, 3.8) is 0 Å². The molecule has 2 heterocycles. The molecular formula is C15H27BrN4O. The van der Waals surface area contributed by atoms with Crippen LogP contribution in [0.2, 0.25) is 0 Å². The highest BCUT2D eigenvalue weighted by Gasteiger charge is 2.29. The third-order valence-electron chi connectivity index (χ3n) is 4.05. The first kappa shape index (κ1) is 16.9. The smallest absolute Gasteiger partial charge is 0.0699 e. The number of nitrogens with one attached hydrogen (secondary N) is 1. The first-order valence-corrected chi connectivity index (χ1v) is 8.59. The molecule has 0 spiro atoms. The lowest BCUT2D eigenvalue weighted by Gasteiger charge is -2.31. The van der Waals surface area contributed by atoms with E-state index in [4.69, 9.17) is 4.74 Å². The summed E-state index contributed by atoms with van der Waals surface area (Å²) in [5, 5.41) is 8.22. The topological polar surface area (TPSA) is 42.3 Å². The molecule has 1 aliphatic heterocycles. The highest BCUT2D eigenvalue weighted by atomic mass is 79.9. The lowest BCUT2D eigenvalue weighted by Crippen LogP contribution is -2.34. The molecule has 2 rings (SSSR count). The van der Waals surface area contributed by atoms with Crippen LogP contribution in [0.3, 0.4) is 0 Å². The quantitative estimate of drug-likeness (QED) is 0.811. The molecule has 1 N–H and O–H groups in total. The third-order valence-corrected chi connectivity index (χ3v) is 4.66. The predicted molar refractivity (Wildman–Crippen MR) is 88.4 cm³/mol. The average Bonchev–Trinajstić information content (AvgIpc) is 2.84. The lowest BCUT2D eigenvalue weighted by atomic mass is 9.89. The maximum atomic E-state index is 5.52. The second kappa shape index (κ2) is 8.27. The number of likely N-dealkylation sites (N-methyl/N-ethyl adjacent to an activating group) is 1. The summed E-state index contributed by atoms with van der Waals surface area (Å²) in [5.41, 5.74) is 1.28. The van der Waals surface area contributed by atoms with Crippen LogP contribution in [-0.2, 0) is 11.3 Å². The summed E-state index contributed by atoms with van der Waals surface area (Å²) in [5.74, 6) is 0.616. The second-order valence-electron chi connectivity index (χ2n) is 5.89. The van der Waals surface area contributed by atoms with Crippen molar-refractivity contribution in [2.24, 2.45) is 5.92 Å². The number of rotatable bonds is 7. The Hall–Kier alpha value is -0.430. The van der Waals surface area contributed by atoms with Crippen LogP contribution in [0.5, 0.6) is 0 Å². The van der Waals surface area contributed by atoms with Crippen LogP contribution in [0.4, 0.5) is 0 Å². The molecule has 1 unspecified atom stereocenters. The average molecular weight is 359 g/mol. The fourth-order valence-corrected chi connectivity index (χ4v) is 3.45. The number of ether oxygens (including phenoxy) is 1. The van der Waals surface area contributed by atoms with Gasteiger partial charge in [-0.2, -0.15) is 5.10 Å². The summed E-state index contributed by atoms with van der Waals surface area (Å²) in [4.78, 5) is 2.19. The van der Waals surface area contributed by atoms with Gasteiger partial charge in [0.1, 0.15) is 0 Å². The van der Waals surface area contributed by atoms with Gasteiger partial charge in [0.15, 0.2) is 0 Å². The molecule has 6 heteroatoms. The van der Waals surface area contributed by atoms with E-state index < -0.39 is 0 Å². The fraction of sp³-hybridized carbons (Fsp3) is 0.800. The van der Waals surface area contributed by atoms with Crippen molar-refractivity contribution in [3.8, 4) is 0 Å². The summed E-state index contributed by atoms with van der Waals surface area (Å²) < 4.78 is 8.77. The van der Waals surface area contributed by atoms with Crippen molar-refractivity contribution in [2.75, 3.05) is 40.4 Å². The first-order chi connectivity index (χ1) is 10.1. The molecule has 0 bridgehead atoms. The maximum absolute atomic E-state index is 5.52. The van der Waals surface area contributed by atoms with Crippen LogP contribution in [0, 0.1) is 5.92 Å². The van der Waals surface area contributed by atoms with E-state index in [1.165, 1.54) is 5.69 Å². The van der Waals surface area contributed by atoms with Crippen LogP contribution in [0.1, 0.15) is 31.5 Å². The molecule has 0 amide bonds. The zero-order valence-electron chi connectivity index (χ0n) is 13.3. The van der Waals surface area contributed by atoms with Crippen molar-refractivity contribution >= 4 is 15.9 Å². The summed E-state index contributed by atoms with van der Waals surface area (Å²) in [7, 11) is 4.19. The van der Waals surface area contributed by atoms with Gasteiger partial charge in [0.2, 0.25) is 0 Å². The minimum Gasteiger partial charge on any atom is -0.381 e. The second-order valence-corrected chi connectivity index (χ2v) is 6.74. The van der Waals surface area contributed by atoms with Gasteiger partial charge in [-0.3, -0.25) is 4.68 Å². The summed E-state index contributed by atoms with van der Waals surface area (Å²) in [6.45, 7) is 6.78. The van der Waals surface area contributed by atoms with Crippen molar-refractivity contribution in [1.82, 2.24) is 20.0 Å². The van der Waals surface area contributed by atoms with Gasteiger partial charge in [0, 0.05) is 19.8 Å². The normalized spacial score (nSPS) is 18.3. The molecule has 1 aliphatic rings. The molecule has 1 aromatic heterocycles. The molecule has 0 aliphatic carbocycles. The van der Waals surface area contributed by atoms with Crippen LogP contribution in [0.15, 0.2) is 10.7 Å². The number of halogens is 1. The Labute approximate surface area is 136 Å². The molecule has 0 saturated carbocycles. The van der Waals surface area contributed by atoms with E-state index in [2.05, 4.69) is 56.9 Å². The Kier molecular flexibility index (Phi) is 6.67. The highest BCUT2D eigenvalue weighted by Crippen LogP contribution is 2.34. The van der Waals surface area contributed by atoms with E-state index in [1.807, 2.05) is 6.20 Å². The van der Waals surface area contributed by atoms with Gasteiger partial charge < -0.3 is 15.0 Å². The SMILES string of the molecule is CCNC(c1c(Br)cnn1CCN(C)C)C1CCOCC1. The molecule has 1 aromatic rings. The van der Waals surface area contributed by atoms with Crippen molar-refractivity contribution in [3.05, 3.63) is 16.4 Å². The largest absolute Gasteiger partial charge is 0.381 e. The Bertz CT molecular complexity index is 429. The Morgan fingerprint density at radius 3 is 2.81 bits per heavy atom.